The second-order valence-electron chi connectivity index (χ2n) is 3.18. The van der Waals surface area contributed by atoms with Crippen molar-refractivity contribution in [2.75, 3.05) is 7.05 Å². The van der Waals surface area contributed by atoms with Crippen LogP contribution in [-0.4, -0.2) is 23.9 Å². The number of alkyl halides is 3. The van der Waals surface area contributed by atoms with Gasteiger partial charge in [-0.15, -0.1) is 0 Å². The molecule has 0 aliphatic carbocycles. The van der Waals surface area contributed by atoms with Crippen molar-refractivity contribution < 1.29 is 13.2 Å². The number of rotatable bonds is 2. The molecule has 1 heterocycles. The summed E-state index contributed by atoms with van der Waals surface area (Å²) in [5.74, 6) is 0. The number of aliphatic imine (C=N–C) groups is 1. The fourth-order valence-corrected chi connectivity index (χ4v) is 1.08. The molecule has 1 rings (SSSR count). The van der Waals surface area contributed by atoms with Gasteiger partial charge in [-0.3, -0.25) is 9.98 Å². The number of hydrogen-bond acceptors (Lipinski definition) is 2. The predicted octanol–water partition coefficient (Wildman–Crippen LogP) is 3.01. The Morgan fingerprint density at radius 1 is 1.44 bits per heavy atom. The molecule has 0 spiro atoms. The molecule has 0 atom stereocenters. The monoisotopic (exact) mass is 228 g/mol. The van der Waals surface area contributed by atoms with Crippen LogP contribution in [0.5, 0.6) is 0 Å². The van der Waals surface area contributed by atoms with Gasteiger partial charge in [0, 0.05) is 30.6 Å². The first-order chi connectivity index (χ1) is 7.45. The molecule has 0 aromatic carbocycles. The average molecular weight is 228 g/mol. The Labute approximate surface area is 91.5 Å². The second kappa shape index (κ2) is 4.92. The van der Waals surface area contributed by atoms with E-state index < -0.39 is 11.7 Å². The van der Waals surface area contributed by atoms with E-state index in [1.807, 2.05) is 0 Å². The fourth-order valence-electron chi connectivity index (χ4n) is 1.08. The predicted molar refractivity (Wildman–Crippen MR) is 56.5 cm³/mol. The molecule has 16 heavy (non-hydrogen) atoms. The standard InChI is InChI=1S/C11H11F3N2/c1-8(11(12,13)14)6-10(15-2)9-4-3-5-16-7-9/h3-7H,1-2H3/b8-6+,15-10?. The summed E-state index contributed by atoms with van der Waals surface area (Å²) >= 11 is 0. The minimum absolute atomic E-state index is 0.267. The van der Waals surface area contributed by atoms with Crippen molar-refractivity contribution >= 4 is 5.71 Å². The number of nitrogens with zero attached hydrogens (tertiary/aromatic N) is 2. The number of allylic oxidation sites excluding steroid dienone is 2. The molecule has 0 bridgehead atoms. The summed E-state index contributed by atoms with van der Waals surface area (Å²) < 4.78 is 37.0. The molecule has 86 valence electrons. The molecule has 0 aliphatic rings. The molecule has 0 unspecified atom stereocenters. The quantitative estimate of drug-likeness (QED) is 0.714. The number of pyridine rings is 1. The highest BCUT2D eigenvalue weighted by Crippen LogP contribution is 2.25. The molecule has 0 saturated carbocycles. The smallest absolute Gasteiger partial charge is 0.288 e. The van der Waals surface area contributed by atoms with Crippen molar-refractivity contribution in [2.45, 2.75) is 13.1 Å². The van der Waals surface area contributed by atoms with E-state index in [1.54, 1.807) is 18.3 Å². The Morgan fingerprint density at radius 2 is 2.12 bits per heavy atom. The maximum atomic E-state index is 12.3. The van der Waals surface area contributed by atoms with Crippen molar-refractivity contribution in [1.82, 2.24) is 4.98 Å². The van der Waals surface area contributed by atoms with Crippen LogP contribution < -0.4 is 0 Å². The van der Waals surface area contributed by atoms with E-state index in [1.165, 1.54) is 13.2 Å². The molecule has 0 saturated heterocycles. The second-order valence-corrected chi connectivity index (χ2v) is 3.18. The first kappa shape index (κ1) is 12.4. The average Bonchev–Trinajstić information content (AvgIpc) is 2.25. The zero-order valence-corrected chi connectivity index (χ0v) is 8.92. The van der Waals surface area contributed by atoms with E-state index in [2.05, 4.69) is 9.98 Å². The highest BCUT2D eigenvalue weighted by molar-refractivity contribution is 6.08. The summed E-state index contributed by atoms with van der Waals surface area (Å²) in [6.07, 6.45) is -0.283. The molecule has 1 aromatic rings. The molecular weight excluding hydrogens is 217 g/mol. The van der Waals surface area contributed by atoms with Gasteiger partial charge in [-0.05, 0) is 25.1 Å². The topological polar surface area (TPSA) is 25.2 Å². The molecule has 2 nitrogen and oxygen atoms in total. The van der Waals surface area contributed by atoms with Crippen molar-refractivity contribution in [3.05, 3.63) is 41.7 Å². The van der Waals surface area contributed by atoms with Crippen molar-refractivity contribution in [3.63, 3.8) is 0 Å². The van der Waals surface area contributed by atoms with E-state index in [0.29, 0.717) is 5.56 Å². The van der Waals surface area contributed by atoms with Crippen LogP contribution in [0.2, 0.25) is 0 Å². The van der Waals surface area contributed by atoms with Gasteiger partial charge in [0.1, 0.15) is 0 Å². The van der Waals surface area contributed by atoms with Crippen LogP contribution in [0.3, 0.4) is 0 Å². The SMILES string of the molecule is CN=C(/C=C(\C)C(F)(F)F)c1cccnc1. The molecule has 5 heteroatoms. The molecule has 0 amide bonds. The molecule has 0 radical (unpaired) electrons. The Bertz CT molecular complexity index is 405. The minimum Gasteiger partial charge on any atom is -0.288 e. The van der Waals surface area contributed by atoms with Crippen molar-refractivity contribution in [3.8, 4) is 0 Å². The molecule has 1 aromatic heterocycles. The number of halogens is 3. The lowest BCUT2D eigenvalue weighted by Gasteiger charge is -2.07. The number of aromatic nitrogens is 1. The third-order valence-electron chi connectivity index (χ3n) is 2.00. The van der Waals surface area contributed by atoms with Gasteiger partial charge in [-0.2, -0.15) is 13.2 Å². The van der Waals surface area contributed by atoms with E-state index in [4.69, 9.17) is 0 Å². The zero-order chi connectivity index (χ0) is 12.2. The third-order valence-corrected chi connectivity index (χ3v) is 2.00. The Balaban J connectivity index is 3.04. The van der Waals surface area contributed by atoms with Gasteiger partial charge in [0.25, 0.3) is 0 Å². The van der Waals surface area contributed by atoms with Gasteiger partial charge in [-0.25, -0.2) is 0 Å². The summed E-state index contributed by atoms with van der Waals surface area (Å²) in [6, 6.07) is 3.31. The summed E-state index contributed by atoms with van der Waals surface area (Å²) in [5.41, 5.74) is 0.147. The van der Waals surface area contributed by atoms with Crippen LogP contribution in [0, 0.1) is 0 Å². The highest BCUT2D eigenvalue weighted by atomic mass is 19.4. The van der Waals surface area contributed by atoms with E-state index >= 15 is 0 Å². The van der Waals surface area contributed by atoms with Crippen LogP contribution in [0.15, 0.2) is 41.2 Å². The van der Waals surface area contributed by atoms with Crippen molar-refractivity contribution in [1.29, 1.82) is 0 Å². The fraction of sp³-hybridized carbons (Fsp3) is 0.273. The van der Waals surface area contributed by atoms with Crippen LogP contribution >= 0.6 is 0 Å². The van der Waals surface area contributed by atoms with Gasteiger partial charge in [0.2, 0.25) is 0 Å². The zero-order valence-electron chi connectivity index (χ0n) is 8.92. The summed E-state index contributed by atoms with van der Waals surface area (Å²) in [7, 11) is 1.45. The van der Waals surface area contributed by atoms with Crippen molar-refractivity contribution in [2.24, 2.45) is 4.99 Å². The lowest BCUT2D eigenvalue weighted by molar-refractivity contribution is -0.0912. The Hall–Kier alpha value is -1.65. The minimum atomic E-state index is -4.32. The van der Waals surface area contributed by atoms with Gasteiger partial charge in [-0.1, -0.05) is 0 Å². The lowest BCUT2D eigenvalue weighted by atomic mass is 10.1. The van der Waals surface area contributed by atoms with E-state index in [-0.39, 0.29) is 5.71 Å². The molecule has 0 N–H and O–H groups in total. The number of hydrogen-bond donors (Lipinski definition) is 0. The van der Waals surface area contributed by atoms with E-state index in [0.717, 1.165) is 13.0 Å². The van der Waals surface area contributed by atoms with Crippen LogP contribution in [0.4, 0.5) is 13.2 Å². The summed E-state index contributed by atoms with van der Waals surface area (Å²) in [6.45, 7) is 1.02. The maximum absolute atomic E-state index is 12.3. The maximum Gasteiger partial charge on any atom is 0.412 e. The molecule has 0 fully saturated rings. The third kappa shape index (κ3) is 3.18. The van der Waals surface area contributed by atoms with Crippen LogP contribution in [-0.2, 0) is 0 Å². The first-order valence-corrected chi connectivity index (χ1v) is 4.58. The Kier molecular flexibility index (Phi) is 3.82. The van der Waals surface area contributed by atoms with E-state index in [9.17, 15) is 13.2 Å². The van der Waals surface area contributed by atoms with Gasteiger partial charge < -0.3 is 0 Å². The van der Waals surface area contributed by atoms with Gasteiger partial charge in [0.15, 0.2) is 0 Å². The Morgan fingerprint density at radius 3 is 2.56 bits per heavy atom. The normalized spacial score (nSPS) is 14.1. The van der Waals surface area contributed by atoms with Gasteiger partial charge >= 0.3 is 6.18 Å². The summed E-state index contributed by atoms with van der Waals surface area (Å²) in [5, 5.41) is 0. The van der Waals surface area contributed by atoms with Crippen LogP contribution in [0.25, 0.3) is 0 Å². The first-order valence-electron chi connectivity index (χ1n) is 4.58. The summed E-state index contributed by atoms with van der Waals surface area (Å²) in [4.78, 5) is 7.64. The molecule has 0 aliphatic heterocycles. The van der Waals surface area contributed by atoms with Crippen LogP contribution in [0.1, 0.15) is 12.5 Å². The lowest BCUT2D eigenvalue weighted by Crippen LogP contribution is -2.11. The largest absolute Gasteiger partial charge is 0.412 e. The molecular formula is C11H11F3N2. The highest BCUT2D eigenvalue weighted by Gasteiger charge is 2.30. The van der Waals surface area contributed by atoms with Gasteiger partial charge in [0.05, 0.1) is 5.71 Å².